The van der Waals surface area contributed by atoms with Crippen molar-refractivity contribution in [3.8, 4) is 0 Å². The van der Waals surface area contributed by atoms with E-state index in [9.17, 15) is 13.6 Å². The summed E-state index contributed by atoms with van der Waals surface area (Å²) in [5.74, 6) is -3.46. The van der Waals surface area contributed by atoms with Crippen LogP contribution in [0.3, 0.4) is 0 Å². The highest BCUT2D eigenvalue weighted by atomic mass is 35.5. The minimum Gasteiger partial charge on any atom is -0.462 e. The quantitative estimate of drug-likeness (QED) is 0.588. The maximum Gasteiger partial charge on any atom is 0.341 e. The third kappa shape index (κ3) is 2.92. The van der Waals surface area contributed by atoms with E-state index in [2.05, 4.69) is 10.1 Å². The lowest BCUT2D eigenvalue weighted by Crippen LogP contribution is -2.28. The third-order valence-corrected chi connectivity index (χ3v) is 5.24. The second kappa shape index (κ2) is 6.19. The molecule has 0 N–H and O–H groups in total. The first-order valence-corrected chi connectivity index (χ1v) is 8.75. The number of carbonyl (C=O) groups is 1. The van der Waals surface area contributed by atoms with E-state index in [0.717, 1.165) is 5.56 Å². The summed E-state index contributed by atoms with van der Waals surface area (Å²) >= 11 is 6.26. The summed E-state index contributed by atoms with van der Waals surface area (Å²) in [7, 11) is 0. The van der Waals surface area contributed by atoms with Gasteiger partial charge in [-0.15, -0.1) is 0 Å². The molecule has 0 radical (unpaired) electrons. The molecule has 2 atom stereocenters. The van der Waals surface area contributed by atoms with E-state index >= 15 is 0 Å². The molecular formula is C17H17ClF2N4O2. The Hall–Kier alpha value is -2.22. The Morgan fingerprint density at radius 2 is 2.12 bits per heavy atom. The summed E-state index contributed by atoms with van der Waals surface area (Å²) in [6.45, 7) is 2.99. The standard InChI is InChI=1S/C17H17ClF2N4O2/c1-2-26-16(25)11-5-21-24(7-11)6-10-3-4-14(22-15(10)18)23-8-12-13(9-23)17(12,19)20/h3-5,7,12-13H,2,6,8-9H2,1H3. The van der Waals surface area contributed by atoms with E-state index in [1.807, 2.05) is 4.90 Å². The van der Waals surface area contributed by atoms with Gasteiger partial charge in [0.1, 0.15) is 11.0 Å². The number of fused-ring (bicyclic) bond motifs is 1. The van der Waals surface area contributed by atoms with Crippen molar-refractivity contribution in [3.63, 3.8) is 0 Å². The Labute approximate surface area is 153 Å². The molecule has 26 heavy (non-hydrogen) atoms. The van der Waals surface area contributed by atoms with Crippen LogP contribution >= 0.6 is 11.6 Å². The number of carbonyl (C=O) groups excluding carboxylic acids is 1. The van der Waals surface area contributed by atoms with E-state index in [-0.39, 0.29) is 0 Å². The molecule has 1 aliphatic heterocycles. The largest absolute Gasteiger partial charge is 0.462 e. The number of alkyl halides is 2. The molecule has 2 aromatic heterocycles. The minimum atomic E-state index is -2.52. The van der Waals surface area contributed by atoms with Gasteiger partial charge in [-0.05, 0) is 13.0 Å². The summed E-state index contributed by atoms with van der Waals surface area (Å²) in [5.41, 5.74) is 1.09. The highest BCUT2D eigenvalue weighted by Crippen LogP contribution is 2.59. The van der Waals surface area contributed by atoms with Crippen molar-refractivity contribution in [2.45, 2.75) is 19.4 Å². The Bertz CT molecular complexity index is 843. The molecule has 6 nitrogen and oxygen atoms in total. The van der Waals surface area contributed by atoms with Crippen molar-refractivity contribution >= 4 is 23.4 Å². The number of piperidine rings is 1. The van der Waals surface area contributed by atoms with Gasteiger partial charge < -0.3 is 9.64 Å². The SMILES string of the molecule is CCOC(=O)c1cnn(Cc2ccc(N3CC4C(C3)C4(F)F)nc2Cl)c1. The van der Waals surface area contributed by atoms with Crippen LogP contribution in [-0.4, -0.2) is 46.4 Å². The lowest BCUT2D eigenvalue weighted by atomic mass is 10.2. The Kier molecular flexibility index (Phi) is 4.10. The minimum absolute atomic E-state index is 0.294. The molecule has 2 fully saturated rings. The number of pyridine rings is 1. The molecular weight excluding hydrogens is 366 g/mol. The Balaban J connectivity index is 1.43. The summed E-state index contributed by atoms with van der Waals surface area (Å²) in [6.07, 6.45) is 3.02. The van der Waals surface area contributed by atoms with Gasteiger partial charge in [-0.1, -0.05) is 17.7 Å². The number of hydrogen-bond acceptors (Lipinski definition) is 5. The van der Waals surface area contributed by atoms with Gasteiger partial charge in [0.05, 0.1) is 36.7 Å². The molecule has 2 unspecified atom stereocenters. The zero-order valence-corrected chi connectivity index (χ0v) is 14.8. The van der Waals surface area contributed by atoms with Crippen molar-refractivity contribution in [1.82, 2.24) is 14.8 Å². The van der Waals surface area contributed by atoms with E-state index < -0.39 is 23.7 Å². The van der Waals surface area contributed by atoms with Gasteiger partial charge in [-0.3, -0.25) is 4.68 Å². The lowest BCUT2D eigenvalue weighted by Gasteiger charge is -2.21. The van der Waals surface area contributed by atoms with E-state index in [4.69, 9.17) is 16.3 Å². The molecule has 0 amide bonds. The molecule has 2 aromatic rings. The van der Waals surface area contributed by atoms with Crippen LogP contribution in [0.25, 0.3) is 0 Å². The molecule has 1 saturated carbocycles. The number of anilines is 1. The number of ether oxygens (including phenoxy) is 1. The summed E-state index contributed by atoms with van der Waals surface area (Å²) in [6, 6.07) is 3.58. The van der Waals surface area contributed by atoms with Crippen LogP contribution in [-0.2, 0) is 11.3 Å². The highest BCUT2D eigenvalue weighted by Gasteiger charge is 2.71. The predicted octanol–water partition coefficient (Wildman–Crippen LogP) is 2.86. The maximum atomic E-state index is 13.3. The van der Waals surface area contributed by atoms with Crippen molar-refractivity contribution < 1.29 is 18.3 Å². The maximum absolute atomic E-state index is 13.3. The molecule has 3 heterocycles. The van der Waals surface area contributed by atoms with Crippen LogP contribution in [0.5, 0.6) is 0 Å². The van der Waals surface area contributed by atoms with E-state index in [0.29, 0.717) is 42.8 Å². The van der Waals surface area contributed by atoms with Gasteiger partial charge in [0.2, 0.25) is 0 Å². The number of hydrogen-bond donors (Lipinski definition) is 0. The Morgan fingerprint density at radius 1 is 1.38 bits per heavy atom. The smallest absolute Gasteiger partial charge is 0.341 e. The molecule has 1 aliphatic carbocycles. The fourth-order valence-electron chi connectivity index (χ4n) is 3.39. The first-order chi connectivity index (χ1) is 12.4. The topological polar surface area (TPSA) is 60.2 Å². The average Bonchev–Trinajstić information content (AvgIpc) is 3.05. The summed E-state index contributed by atoms with van der Waals surface area (Å²) < 4.78 is 33.1. The Morgan fingerprint density at radius 3 is 2.77 bits per heavy atom. The third-order valence-electron chi connectivity index (χ3n) is 4.91. The predicted molar refractivity (Wildman–Crippen MR) is 90.7 cm³/mol. The molecule has 1 saturated heterocycles. The van der Waals surface area contributed by atoms with Gasteiger partial charge in [-0.25, -0.2) is 18.6 Å². The van der Waals surface area contributed by atoms with Crippen LogP contribution in [0.1, 0.15) is 22.8 Å². The van der Waals surface area contributed by atoms with Gasteiger partial charge >= 0.3 is 5.97 Å². The van der Waals surface area contributed by atoms with E-state index in [1.54, 1.807) is 29.9 Å². The first kappa shape index (κ1) is 17.2. The number of nitrogens with zero attached hydrogens (tertiary/aromatic N) is 4. The number of rotatable bonds is 5. The first-order valence-electron chi connectivity index (χ1n) is 8.38. The normalized spacial score (nSPS) is 23.0. The second-order valence-corrected chi connectivity index (χ2v) is 6.92. The van der Waals surface area contributed by atoms with Crippen LogP contribution < -0.4 is 4.90 Å². The van der Waals surface area contributed by atoms with Gasteiger partial charge in [0.15, 0.2) is 0 Å². The number of aromatic nitrogens is 3. The molecule has 4 rings (SSSR count). The van der Waals surface area contributed by atoms with Crippen LogP contribution in [0, 0.1) is 11.8 Å². The summed E-state index contributed by atoms with van der Waals surface area (Å²) in [5, 5.41) is 4.42. The molecule has 0 aromatic carbocycles. The highest BCUT2D eigenvalue weighted by molar-refractivity contribution is 6.30. The lowest BCUT2D eigenvalue weighted by molar-refractivity contribution is 0.0526. The fraction of sp³-hybridized carbons (Fsp3) is 0.471. The zero-order chi connectivity index (χ0) is 18.5. The van der Waals surface area contributed by atoms with Crippen molar-refractivity contribution in [1.29, 1.82) is 0 Å². The van der Waals surface area contributed by atoms with Crippen molar-refractivity contribution in [3.05, 3.63) is 40.8 Å². The van der Waals surface area contributed by atoms with Gasteiger partial charge in [-0.2, -0.15) is 5.10 Å². The van der Waals surface area contributed by atoms with Crippen molar-refractivity contribution in [2.24, 2.45) is 11.8 Å². The molecule has 9 heteroatoms. The molecule has 138 valence electrons. The molecule has 0 bridgehead atoms. The number of esters is 1. The number of halogens is 3. The van der Waals surface area contributed by atoms with Crippen LogP contribution in [0.15, 0.2) is 24.5 Å². The second-order valence-electron chi connectivity index (χ2n) is 6.56. The fourth-order valence-corrected chi connectivity index (χ4v) is 3.60. The van der Waals surface area contributed by atoms with Gasteiger partial charge in [0, 0.05) is 24.8 Å². The van der Waals surface area contributed by atoms with E-state index in [1.165, 1.54) is 6.20 Å². The summed E-state index contributed by atoms with van der Waals surface area (Å²) in [4.78, 5) is 17.9. The average molecular weight is 383 g/mol. The van der Waals surface area contributed by atoms with Gasteiger partial charge in [0.25, 0.3) is 5.92 Å². The molecule has 2 aliphatic rings. The van der Waals surface area contributed by atoms with Crippen LogP contribution in [0.2, 0.25) is 5.15 Å². The van der Waals surface area contributed by atoms with Crippen molar-refractivity contribution in [2.75, 3.05) is 24.6 Å². The van der Waals surface area contributed by atoms with Crippen LogP contribution in [0.4, 0.5) is 14.6 Å². The molecule has 0 spiro atoms. The zero-order valence-electron chi connectivity index (χ0n) is 14.0. The monoisotopic (exact) mass is 382 g/mol.